The van der Waals surface area contributed by atoms with Crippen LogP contribution in [0.25, 0.3) is 109 Å². The van der Waals surface area contributed by atoms with Crippen molar-refractivity contribution in [3.8, 4) is 44.8 Å². The van der Waals surface area contributed by atoms with E-state index in [0.717, 1.165) is 61.0 Å². The van der Waals surface area contributed by atoms with Crippen LogP contribution in [0.1, 0.15) is 0 Å². The van der Waals surface area contributed by atoms with Crippen LogP contribution in [0.4, 0.5) is 0 Å². The maximum absolute atomic E-state index is 7.46. The molecule has 0 N–H and O–H groups in total. The number of hydrogen-bond donors (Lipinski definition) is 0. The summed E-state index contributed by atoms with van der Waals surface area (Å²) in [7, 11) is 49.0. The van der Waals surface area contributed by atoms with Crippen LogP contribution in [0.3, 0.4) is 0 Å². The fraction of sp³-hybridized carbons (Fsp3) is 0. The minimum Gasteiger partial charge on any atom is -0.311 e. The molecule has 0 aliphatic rings. The Kier molecular flexibility index (Phi) is 8.91. The molecule has 0 saturated carbocycles. The van der Waals surface area contributed by atoms with Crippen LogP contribution < -0.4 is 38.2 Å². The molecule has 280 valence electrons. The van der Waals surface area contributed by atoms with E-state index in [1.807, 2.05) is 41.0 Å². The molecule has 0 amide bonds. The Bertz CT molecular complexity index is 3930. The highest BCUT2D eigenvalue weighted by atomic mass is 32.1. The molecule has 3 aromatic heterocycles. The maximum atomic E-state index is 7.46. The van der Waals surface area contributed by atoms with Gasteiger partial charge in [0.25, 0.3) is 0 Å². The van der Waals surface area contributed by atoms with Crippen molar-refractivity contribution < 1.29 is 0 Å². The van der Waals surface area contributed by atoms with Gasteiger partial charge >= 0.3 is 0 Å². The van der Waals surface area contributed by atoms with Gasteiger partial charge in [0.2, 0.25) is 0 Å². The Hall–Kier alpha value is -6.75. The molecule has 64 heavy (non-hydrogen) atoms. The van der Waals surface area contributed by atoms with Crippen molar-refractivity contribution >= 4 is 168 Å². The van der Waals surface area contributed by atoms with E-state index in [1.165, 1.54) is 20.2 Å². The quantitative estimate of drug-likeness (QED) is 0.169. The van der Waals surface area contributed by atoms with Crippen LogP contribution in [0.2, 0.25) is 0 Å². The van der Waals surface area contributed by atoms with Crippen molar-refractivity contribution in [1.82, 2.24) is 9.13 Å². The van der Waals surface area contributed by atoms with E-state index >= 15 is 0 Å². The molecule has 10 heteroatoms. The summed E-state index contributed by atoms with van der Waals surface area (Å²) < 4.78 is 6.82. The maximum Gasteiger partial charge on any atom is 0.115 e. The lowest BCUT2D eigenvalue weighted by molar-refractivity contribution is 1.19. The molecule has 0 aliphatic heterocycles. The summed E-state index contributed by atoms with van der Waals surface area (Å²) >= 11 is 1.81. The minimum atomic E-state index is 0.175. The Morgan fingerprint density at radius 1 is 0.344 bits per heavy atom. The van der Waals surface area contributed by atoms with Gasteiger partial charge in [-0.25, -0.2) is 0 Å². The number of nitrogens with zero attached hydrogens (tertiary/aromatic N) is 2. The molecule has 0 bridgehead atoms. The first-order valence-corrected chi connectivity index (χ1v) is 21.8. The fourth-order valence-corrected chi connectivity index (χ4v) is 11.1. The van der Waals surface area contributed by atoms with Crippen LogP contribution in [-0.4, -0.2) is 64.1 Å². The summed E-state index contributed by atoms with van der Waals surface area (Å²) in [4.78, 5) is 0. The summed E-state index contributed by atoms with van der Waals surface area (Å²) in [6.07, 6.45) is 0. The first-order valence-electron chi connectivity index (χ1n) is 21.0. The first-order chi connectivity index (χ1) is 31.2. The zero-order valence-corrected chi connectivity index (χ0v) is 35.2. The van der Waals surface area contributed by atoms with E-state index in [4.69, 9.17) is 54.9 Å². The lowest BCUT2D eigenvalue weighted by atomic mass is 9.64. The zero-order valence-electron chi connectivity index (χ0n) is 34.4. The molecule has 2 nitrogen and oxygen atoms in total. The van der Waals surface area contributed by atoms with E-state index in [2.05, 4.69) is 132 Å². The summed E-state index contributed by atoms with van der Waals surface area (Å²) in [5.41, 5.74) is 12.6. The van der Waals surface area contributed by atoms with Crippen LogP contribution in [0.15, 0.2) is 164 Å². The number of rotatable bonds is 5. The molecule has 9 aromatic carbocycles. The third-order valence-electron chi connectivity index (χ3n) is 12.9. The van der Waals surface area contributed by atoms with E-state index < -0.39 is 0 Å². The number of thiophene rings is 1. The van der Waals surface area contributed by atoms with Gasteiger partial charge in [0.15, 0.2) is 0 Å². The largest absolute Gasteiger partial charge is 0.311 e. The second-order valence-corrected chi connectivity index (χ2v) is 17.4. The van der Waals surface area contributed by atoms with Gasteiger partial charge in [0, 0.05) is 53.1 Å². The number of aromatic nitrogens is 2. The van der Waals surface area contributed by atoms with Crippen molar-refractivity contribution in [2.75, 3.05) is 0 Å². The Labute approximate surface area is 383 Å². The van der Waals surface area contributed by atoms with Crippen molar-refractivity contribution in [3.63, 3.8) is 0 Å². The van der Waals surface area contributed by atoms with Crippen LogP contribution in [0.5, 0.6) is 0 Å². The topological polar surface area (TPSA) is 9.86 Å². The summed E-state index contributed by atoms with van der Waals surface area (Å²) in [5, 5.41) is 5.70. The minimum absolute atomic E-state index is 0.175. The summed E-state index contributed by atoms with van der Waals surface area (Å²) in [5.74, 6) is 0. The van der Waals surface area contributed by atoms with Gasteiger partial charge in [-0.15, -0.1) is 22.3 Å². The molecule has 12 aromatic rings. The second kappa shape index (κ2) is 14.7. The van der Waals surface area contributed by atoms with Gasteiger partial charge in [-0.3, -0.25) is 0 Å². The van der Waals surface area contributed by atoms with Gasteiger partial charge in [-0.1, -0.05) is 143 Å². The third-order valence-corrected chi connectivity index (χ3v) is 14.1. The molecular weight excluding hydrogens is 784 g/mol. The molecule has 0 aliphatic carbocycles. The molecule has 0 spiro atoms. The lowest BCUT2D eigenvalue weighted by Crippen LogP contribution is -2.48. The van der Waals surface area contributed by atoms with Crippen molar-refractivity contribution in [1.29, 1.82) is 0 Å². The number of fused-ring (bicyclic) bond motifs is 9. The van der Waals surface area contributed by atoms with Crippen LogP contribution in [0, 0.1) is 0 Å². The predicted octanol–water partition coefficient (Wildman–Crippen LogP) is 6.81. The summed E-state index contributed by atoms with van der Waals surface area (Å²) in [6.45, 7) is 0. The Balaban J connectivity index is 1.18. The fourth-order valence-electron chi connectivity index (χ4n) is 10.0. The molecule has 0 unspecified atom stereocenters. The van der Waals surface area contributed by atoms with Gasteiger partial charge in [-0.05, 0) is 87.3 Å². The second-order valence-electron chi connectivity index (χ2n) is 16.4. The van der Waals surface area contributed by atoms with Gasteiger partial charge in [0.1, 0.15) is 54.9 Å². The lowest BCUT2D eigenvalue weighted by Gasteiger charge is -2.19. The van der Waals surface area contributed by atoms with Crippen molar-refractivity contribution in [3.05, 3.63) is 164 Å². The standard InChI is InChI=1S/C54H27B7N2S/c55-46-41(47(56)51(60)53-44(46)45-48(57)49(58)50(59)52(61)54(45)62(53)32-17-9-16-30(26-32)28-12-3-1-4-13-28)31-24-25-36-35(27-31)42-33(29-14-5-2-6-15-29)19-10-20-37(42)63(36)38-21-11-23-40-43(38)34-18-7-8-22-39(34)64-40/h1-27H. The number of benzene rings is 9. The molecular formula is C54H27B7N2S. The molecule has 14 radical (unpaired) electrons. The van der Waals surface area contributed by atoms with Crippen LogP contribution in [-0.2, 0) is 0 Å². The van der Waals surface area contributed by atoms with Gasteiger partial charge < -0.3 is 9.13 Å². The smallest absolute Gasteiger partial charge is 0.115 e. The molecule has 12 rings (SSSR count). The average Bonchev–Trinajstić information content (AvgIpc) is 4.01. The molecule has 0 fully saturated rings. The summed E-state index contributed by atoms with van der Waals surface area (Å²) in [6, 6.07) is 56.9. The van der Waals surface area contributed by atoms with E-state index in [0.29, 0.717) is 43.8 Å². The van der Waals surface area contributed by atoms with Crippen molar-refractivity contribution in [2.24, 2.45) is 0 Å². The highest BCUT2D eigenvalue weighted by Gasteiger charge is 2.26. The molecule has 0 saturated heterocycles. The van der Waals surface area contributed by atoms with Crippen LogP contribution >= 0.6 is 11.3 Å². The SMILES string of the molecule is [B]c1c([B])c([B])c2c(c1[B])c1c([B])c(-c3ccc4c(c3)c3c(-c5ccccc5)cccc3n4-c3cccc4sc5ccccc5c34)c([B])c([B])c1n2-c1cccc(-c2ccccc2)c1. The predicted molar refractivity (Wildman–Crippen MR) is 282 cm³/mol. The number of hydrogen-bond acceptors (Lipinski definition) is 1. The van der Waals surface area contributed by atoms with E-state index in [9.17, 15) is 0 Å². The molecule has 0 atom stereocenters. The third kappa shape index (κ3) is 5.55. The zero-order chi connectivity index (χ0) is 43.5. The highest BCUT2D eigenvalue weighted by molar-refractivity contribution is 7.25. The van der Waals surface area contributed by atoms with E-state index in [1.54, 1.807) is 11.3 Å². The average molecular weight is 812 g/mol. The van der Waals surface area contributed by atoms with Gasteiger partial charge in [-0.2, -0.15) is 0 Å². The van der Waals surface area contributed by atoms with Gasteiger partial charge in [0.05, 0.1) is 16.7 Å². The van der Waals surface area contributed by atoms with Crippen molar-refractivity contribution in [2.45, 2.75) is 0 Å². The highest BCUT2D eigenvalue weighted by Crippen LogP contribution is 2.44. The Morgan fingerprint density at radius 3 is 1.75 bits per heavy atom. The van der Waals surface area contributed by atoms with E-state index in [-0.39, 0.29) is 21.9 Å². The Morgan fingerprint density at radius 2 is 0.969 bits per heavy atom. The molecule has 3 heterocycles. The normalized spacial score (nSPS) is 11.9. The first kappa shape index (κ1) is 38.9. The monoisotopic (exact) mass is 812 g/mol.